The van der Waals surface area contributed by atoms with Gasteiger partial charge in [-0.2, -0.15) is 0 Å². The molecule has 0 radical (unpaired) electrons. The highest BCUT2D eigenvalue weighted by Gasteiger charge is 2.23. The Bertz CT molecular complexity index is 527. The lowest BCUT2D eigenvalue weighted by Gasteiger charge is -2.12. The van der Waals surface area contributed by atoms with E-state index in [1.54, 1.807) is 18.2 Å². The number of nitrogen functional groups attached to an aromatic ring is 1. The summed E-state index contributed by atoms with van der Waals surface area (Å²) >= 11 is 3.26. The van der Waals surface area contributed by atoms with E-state index in [0.717, 1.165) is 12.8 Å². The van der Waals surface area contributed by atoms with Crippen LogP contribution in [0, 0.1) is 0 Å². The molecule has 0 amide bonds. The Kier molecular flexibility index (Phi) is 4.14. The van der Waals surface area contributed by atoms with Gasteiger partial charge in [-0.3, -0.25) is 4.72 Å². The summed E-state index contributed by atoms with van der Waals surface area (Å²) in [4.78, 5) is 0. The second kappa shape index (κ2) is 5.46. The lowest BCUT2D eigenvalue weighted by Crippen LogP contribution is -2.25. The third-order valence-electron chi connectivity index (χ3n) is 2.70. The zero-order chi connectivity index (χ0) is 13.2. The van der Waals surface area contributed by atoms with Crippen LogP contribution in [-0.4, -0.2) is 26.9 Å². The summed E-state index contributed by atoms with van der Waals surface area (Å²) in [6.07, 6.45) is 1.53. The molecule has 0 aromatic heterocycles. The number of hydrogen-bond acceptors (Lipinski definition) is 4. The highest BCUT2D eigenvalue weighted by molar-refractivity contribution is 9.10. The molecule has 1 heterocycles. The van der Waals surface area contributed by atoms with Crippen molar-refractivity contribution in [3.63, 3.8) is 0 Å². The Hall–Kier alpha value is -0.790. The summed E-state index contributed by atoms with van der Waals surface area (Å²) in [6.45, 7) is 0.646. The Morgan fingerprint density at radius 2 is 2.28 bits per heavy atom. The minimum atomic E-state index is -3.38. The molecule has 3 N–H and O–H groups in total. The Morgan fingerprint density at radius 1 is 1.50 bits per heavy atom. The second-order valence-electron chi connectivity index (χ2n) is 4.25. The van der Waals surface area contributed by atoms with Gasteiger partial charge >= 0.3 is 0 Å². The maximum absolute atomic E-state index is 11.9. The number of anilines is 2. The van der Waals surface area contributed by atoms with Crippen LogP contribution in [0.15, 0.2) is 22.7 Å². The topological polar surface area (TPSA) is 81.4 Å². The van der Waals surface area contributed by atoms with Crippen molar-refractivity contribution < 1.29 is 13.2 Å². The van der Waals surface area contributed by atoms with Gasteiger partial charge in [-0.1, -0.05) is 0 Å². The van der Waals surface area contributed by atoms with Crippen molar-refractivity contribution in [3.8, 4) is 0 Å². The van der Waals surface area contributed by atoms with E-state index < -0.39 is 10.0 Å². The summed E-state index contributed by atoms with van der Waals surface area (Å²) < 4.78 is 32.3. The smallest absolute Gasteiger partial charge is 0.235 e. The number of benzene rings is 1. The molecule has 5 nitrogen and oxygen atoms in total. The highest BCUT2D eigenvalue weighted by Crippen LogP contribution is 2.24. The van der Waals surface area contributed by atoms with Crippen molar-refractivity contribution in [1.29, 1.82) is 0 Å². The minimum absolute atomic E-state index is 0.00496. The molecule has 2 rings (SSSR count). The molecule has 1 saturated heterocycles. The fraction of sp³-hybridized carbons (Fsp3) is 0.455. The molecule has 7 heteroatoms. The van der Waals surface area contributed by atoms with E-state index >= 15 is 0 Å². The van der Waals surface area contributed by atoms with Crippen molar-refractivity contribution in [1.82, 2.24) is 0 Å². The van der Waals surface area contributed by atoms with Gasteiger partial charge in [-0.25, -0.2) is 8.42 Å². The standard InChI is InChI=1S/C11H15BrN2O3S/c12-10-6-8(3-4-11(10)13)14-18(15,16)7-9-2-1-5-17-9/h3-4,6,9,14H,1-2,5,7,13H2. The first-order chi connectivity index (χ1) is 8.46. The molecule has 1 aromatic rings. The summed E-state index contributed by atoms with van der Waals surface area (Å²) in [5.74, 6) is -0.00496. The van der Waals surface area contributed by atoms with Gasteiger partial charge in [0.15, 0.2) is 0 Å². The monoisotopic (exact) mass is 334 g/mol. The van der Waals surface area contributed by atoms with Crippen LogP contribution in [0.4, 0.5) is 11.4 Å². The number of sulfonamides is 1. The van der Waals surface area contributed by atoms with Gasteiger partial charge in [0.1, 0.15) is 0 Å². The van der Waals surface area contributed by atoms with Gasteiger partial charge < -0.3 is 10.5 Å². The minimum Gasteiger partial charge on any atom is -0.398 e. The zero-order valence-corrected chi connectivity index (χ0v) is 12.1. The Labute approximate surface area is 115 Å². The van der Waals surface area contributed by atoms with E-state index in [4.69, 9.17) is 10.5 Å². The van der Waals surface area contributed by atoms with Crippen LogP contribution in [0.2, 0.25) is 0 Å². The van der Waals surface area contributed by atoms with Gasteiger partial charge in [-0.15, -0.1) is 0 Å². The van der Waals surface area contributed by atoms with Crippen molar-refractivity contribution in [2.75, 3.05) is 22.8 Å². The largest absolute Gasteiger partial charge is 0.398 e. The molecule has 0 spiro atoms. The lowest BCUT2D eigenvalue weighted by atomic mass is 10.3. The molecule has 1 aromatic carbocycles. The van der Waals surface area contributed by atoms with E-state index in [-0.39, 0.29) is 11.9 Å². The third-order valence-corrected chi connectivity index (χ3v) is 4.75. The fourth-order valence-corrected chi connectivity index (χ4v) is 3.53. The summed E-state index contributed by atoms with van der Waals surface area (Å²) in [5, 5.41) is 0. The van der Waals surface area contributed by atoms with Crippen LogP contribution in [0.5, 0.6) is 0 Å². The highest BCUT2D eigenvalue weighted by atomic mass is 79.9. The molecule has 1 unspecified atom stereocenters. The van der Waals surface area contributed by atoms with Crippen molar-refractivity contribution in [2.45, 2.75) is 18.9 Å². The van der Waals surface area contributed by atoms with Gasteiger partial charge in [0.25, 0.3) is 0 Å². The number of nitrogens with one attached hydrogen (secondary N) is 1. The number of hydrogen-bond donors (Lipinski definition) is 2. The molecule has 100 valence electrons. The molecule has 0 bridgehead atoms. The molecule has 0 aliphatic carbocycles. The number of ether oxygens (including phenoxy) is 1. The quantitative estimate of drug-likeness (QED) is 0.824. The molecule has 1 aliphatic rings. The normalized spacial score (nSPS) is 19.9. The zero-order valence-electron chi connectivity index (χ0n) is 9.73. The van der Waals surface area contributed by atoms with E-state index in [2.05, 4.69) is 20.7 Å². The van der Waals surface area contributed by atoms with Gasteiger partial charge in [0.05, 0.1) is 11.9 Å². The first-order valence-electron chi connectivity index (χ1n) is 5.63. The predicted molar refractivity (Wildman–Crippen MR) is 74.9 cm³/mol. The van der Waals surface area contributed by atoms with E-state index in [1.807, 2.05) is 0 Å². The molecular weight excluding hydrogens is 320 g/mol. The number of nitrogens with two attached hydrogens (primary N) is 1. The fourth-order valence-electron chi connectivity index (χ4n) is 1.83. The van der Waals surface area contributed by atoms with E-state index in [0.29, 0.717) is 22.5 Å². The molecule has 1 atom stereocenters. The van der Waals surface area contributed by atoms with Gasteiger partial charge in [0, 0.05) is 22.5 Å². The maximum atomic E-state index is 11.9. The molecule has 18 heavy (non-hydrogen) atoms. The van der Waals surface area contributed by atoms with Crippen molar-refractivity contribution in [2.24, 2.45) is 0 Å². The van der Waals surface area contributed by atoms with Crippen LogP contribution in [0.25, 0.3) is 0 Å². The number of halogens is 1. The van der Waals surface area contributed by atoms with Gasteiger partial charge in [-0.05, 0) is 47.0 Å². The summed E-state index contributed by atoms with van der Waals surface area (Å²) in [5.41, 5.74) is 6.70. The SMILES string of the molecule is Nc1ccc(NS(=O)(=O)CC2CCCO2)cc1Br. The number of rotatable bonds is 4. The van der Waals surface area contributed by atoms with Gasteiger partial charge in [0.2, 0.25) is 10.0 Å². The summed E-state index contributed by atoms with van der Waals surface area (Å²) in [6, 6.07) is 4.92. The van der Waals surface area contributed by atoms with Crippen LogP contribution < -0.4 is 10.5 Å². The third kappa shape index (κ3) is 3.60. The average molecular weight is 335 g/mol. The molecule has 1 fully saturated rings. The lowest BCUT2D eigenvalue weighted by molar-refractivity contribution is 0.127. The first-order valence-corrected chi connectivity index (χ1v) is 8.08. The summed E-state index contributed by atoms with van der Waals surface area (Å²) in [7, 11) is -3.38. The second-order valence-corrected chi connectivity index (χ2v) is 6.88. The average Bonchev–Trinajstić information content (AvgIpc) is 2.75. The maximum Gasteiger partial charge on any atom is 0.235 e. The molecular formula is C11H15BrN2O3S. The predicted octanol–water partition coefficient (Wildman–Crippen LogP) is 1.95. The van der Waals surface area contributed by atoms with Crippen LogP contribution in [-0.2, 0) is 14.8 Å². The van der Waals surface area contributed by atoms with Crippen molar-refractivity contribution >= 4 is 37.3 Å². The van der Waals surface area contributed by atoms with Crippen LogP contribution in [0.1, 0.15) is 12.8 Å². The van der Waals surface area contributed by atoms with E-state index in [1.165, 1.54) is 0 Å². The van der Waals surface area contributed by atoms with E-state index in [9.17, 15) is 8.42 Å². The Balaban J connectivity index is 2.04. The van der Waals surface area contributed by atoms with Crippen molar-refractivity contribution in [3.05, 3.63) is 22.7 Å². The Morgan fingerprint density at radius 3 is 2.89 bits per heavy atom. The molecule has 1 aliphatic heterocycles. The van der Waals surface area contributed by atoms with Crippen LogP contribution in [0.3, 0.4) is 0 Å². The first kappa shape index (κ1) is 13.6. The van der Waals surface area contributed by atoms with Crippen LogP contribution >= 0.6 is 15.9 Å². The molecule has 0 saturated carbocycles.